The maximum Gasteiger partial charge on any atom is 0.115 e. The van der Waals surface area contributed by atoms with Crippen molar-refractivity contribution in [1.82, 2.24) is 29.1 Å². The molecule has 0 aliphatic carbocycles. The standard InChI is InChI=1S/C39H26N6/c1-37(2)19-7-5-9-23-31(19)44-33-21(37)11-15-40-27(33)29-35(44)25(13-17-42-29)39(23)24-10-6-8-20-32(24)45-34-22(38(20,3)4)12-16-41-28(34)30-36(45)26(39)14-18-43-30/h5-18H,1-4H3. The third-order valence-electron chi connectivity index (χ3n) is 11.9. The summed E-state index contributed by atoms with van der Waals surface area (Å²) in [6, 6.07) is 22.9. The zero-order chi connectivity index (χ0) is 29.8. The minimum atomic E-state index is -0.602. The highest BCUT2D eigenvalue weighted by atomic mass is 15.1. The van der Waals surface area contributed by atoms with Crippen molar-refractivity contribution in [2.75, 3.05) is 0 Å². The van der Waals surface area contributed by atoms with Crippen molar-refractivity contribution < 1.29 is 0 Å². The maximum absolute atomic E-state index is 5.06. The molecule has 0 unspecified atom stereocenters. The number of benzene rings is 2. The summed E-state index contributed by atoms with van der Waals surface area (Å²) in [6.07, 6.45) is 7.92. The SMILES string of the molecule is CC1(C)c2cccc3c2-n2c4c1ccnc4c1nccc(c12)C31c2cccc3c2-n2c4c(ccnc4c4nccc1c42)C3(C)C. The molecule has 1 spiro atoms. The Morgan fingerprint density at radius 2 is 0.733 bits per heavy atom. The molecular weight excluding hydrogens is 552 g/mol. The minimum absolute atomic E-state index is 0.219. The average molecular weight is 579 g/mol. The van der Waals surface area contributed by atoms with Crippen LogP contribution in [0.1, 0.15) is 72.2 Å². The molecular formula is C39H26N6. The van der Waals surface area contributed by atoms with E-state index in [9.17, 15) is 0 Å². The highest BCUT2D eigenvalue weighted by Crippen LogP contribution is 2.63. The Bertz CT molecular complexity index is 2580. The summed E-state index contributed by atoms with van der Waals surface area (Å²) < 4.78 is 5.00. The lowest BCUT2D eigenvalue weighted by Crippen LogP contribution is -2.42. The molecule has 45 heavy (non-hydrogen) atoms. The Balaban J connectivity index is 1.44. The van der Waals surface area contributed by atoms with Crippen molar-refractivity contribution in [1.29, 1.82) is 0 Å². The second-order valence-electron chi connectivity index (χ2n) is 14.3. The highest BCUT2D eigenvalue weighted by Gasteiger charge is 2.55. The van der Waals surface area contributed by atoms with E-state index < -0.39 is 5.41 Å². The molecule has 212 valence electrons. The molecule has 0 fully saturated rings. The number of rotatable bonds is 0. The van der Waals surface area contributed by atoms with Gasteiger partial charge in [0.2, 0.25) is 0 Å². The van der Waals surface area contributed by atoms with Gasteiger partial charge in [0.25, 0.3) is 0 Å². The van der Waals surface area contributed by atoms with Gasteiger partial charge in [0, 0.05) is 35.6 Å². The third-order valence-corrected chi connectivity index (χ3v) is 11.9. The number of fused-ring (bicyclic) bond motifs is 6. The van der Waals surface area contributed by atoms with Crippen LogP contribution in [-0.4, -0.2) is 29.1 Å². The molecule has 0 saturated carbocycles. The van der Waals surface area contributed by atoms with Gasteiger partial charge in [-0.05, 0) is 68.8 Å². The van der Waals surface area contributed by atoms with Crippen LogP contribution in [0, 0.1) is 0 Å². The first-order chi connectivity index (χ1) is 21.9. The molecule has 10 heterocycles. The molecule has 6 heteroatoms. The molecule has 0 saturated heterocycles. The number of pyridine rings is 4. The van der Waals surface area contributed by atoms with Crippen molar-refractivity contribution in [2.45, 2.75) is 43.9 Å². The molecule has 12 rings (SSSR count). The fourth-order valence-corrected chi connectivity index (χ4v) is 10.0. The van der Waals surface area contributed by atoms with Crippen LogP contribution in [0.4, 0.5) is 0 Å². The van der Waals surface area contributed by atoms with E-state index in [4.69, 9.17) is 19.9 Å². The number of hydrogen-bond acceptors (Lipinski definition) is 4. The summed E-state index contributed by atoms with van der Waals surface area (Å²) in [6.45, 7) is 9.44. The van der Waals surface area contributed by atoms with Crippen LogP contribution in [0.15, 0.2) is 85.5 Å². The van der Waals surface area contributed by atoms with Gasteiger partial charge in [-0.2, -0.15) is 0 Å². The van der Waals surface area contributed by atoms with Crippen molar-refractivity contribution in [3.05, 3.63) is 130 Å². The molecule has 0 radical (unpaired) electrons. The van der Waals surface area contributed by atoms with Gasteiger partial charge in [-0.3, -0.25) is 19.9 Å². The van der Waals surface area contributed by atoms with Crippen LogP contribution in [-0.2, 0) is 16.2 Å². The quantitative estimate of drug-likeness (QED) is 0.185. The van der Waals surface area contributed by atoms with Gasteiger partial charge >= 0.3 is 0 Å². The molecule has 4 aliphatic heterocycles. The average Bonchev–Trinajstić information content (AvgIpc) is 3.58. The van der Waals surface area contributed by atoms with E-state index >= 15 is 0 Å². The molecule has 6 aromatic heterocycles. The zero-order valence-electron chi connectivity index (χ0n) is 25.3. The van der Waals surface area contributed by atoms with E-state index in [1.54, 1.807) is 0 Å². The number of aromatic nitrogens is 6. The summed E-state index contributed by atoms with van der Waals surface area (Å²) in [5.74, 6) is 0. The topological polar surface area (TPSA) is 61.4 Å². The number of nitrogens with zero attached hydrogens (tertiary/aromatic N) is 6. The van der Waals surface area contributed by atoms with Gasteiger partial charge in [0.15, 0.2) is 0 Å². The molecule has 0 amide bonds. The fraction of sp³-hybridized carbons (Fsp3) is 0.179. The van der Waals surface area contributed by atoms with Gasteiger partial charge in [-0.25, -0.2) is 0 Å². The van der Waals surface area contributed by atoms with E-state index in [1.807, 2.05) is 24.8 Å². The summed E-state index contributed by atoms with van der Waals surface area (Å²) in [5, 5.41) is 0. The smallest absolute Gasteiger partial charge is 0.115 e. The first-order valence-corrected chi connectivity index (χ1v) is 15.7. The Hall–Kier alpha value is -5.36. The van der Waals surface area contributed by atoms with Crippen LogP contribution in [0.25, 0.3) is 55.5 Å². The van der Waals surface area contributed by atoms with Gasteiger partial charge in [-0.15, -0.1) is 0 Å². The first-order valence-electron chi connectivity index (χ1n) is 15.7. The lowest BCUT2D eigenvalue weighted by molar-refractivity contribution is 0.604. The van der Waals surface area contributed by atoms with Crippen molar-refractivity contribution >= 4 is 44.1 Å². The van der Waals surface area contributed by atoms with Crippen molar-refractivity contribution in [3.63, 3.8) is 0 Å². The van der Waals surface area contributed by atoms with Crippen LogP contribution in [0.2, 0.25) is 0 Å². The monoisotopic (exact) mass is 578 g/mol. The van der Waals surface area contributed by atoms with Gasteiger partial charge < -0.3 is 9.13 Å². The van der Waals surface area contributed by atoms with E-state index in [1.165, 1.54) is 66.9 Å². The number of hydrogen-bond donors (Lipinski definition) is 0. The molecule has 2 aromatic carbocycles. The lowest BCUT2D eigenvalue weighted by Gasteiger charge is -2.49. The molecule has 8 aromatic rings. The van der Waals surface area contributed by atoms with Crippen LogP contribution in [0.5, 0.6) is 0 Å². The fourth-order valence-electron chi connectivity index (χ4n) is 10.0. The lowest BCUT2D eigenvalue weighted by atomic mass is 9.59. The normalized spacial score (nSPS) is 17.9. The summed E-state index contributed by atoms with van der Waals surface area (Å²) in [4.78, 5) is 20.1. The van der Waals surface area contributed by atoms with E-state index in [2.05, 4.69) is 97.5 Å². The van der Waals surface area contributed by atoms with E-state index in [-0.39, 0.29) is 10.8 Å². The summed E-state index contributed by atoms with van der Waals surface area (Å²) >= 11 is 0. The number of para-hydroxylation sites is 2. The maximum atomic E-state index is 5.06. The molecule has 6 nitrogen and oxygen atoms in total. The minimum Gasteiger partial charge on any atom is -0.305 e. The predicted octanol–water partition coefficient (Wildman–Crippen LogP) is 7.75. The molecule has 4 aliphatic rings. The molecule has 0 atom stereocenters. The molecule has 0 N–H and O–H groups in total. The van der Waals surface area contributed by atoms with Gasteiger partial charge in [0.05, 0.1) is 38.9 Å². The largest absolute Gasteiger partial charge is 0.305 e. The van der Waals surface area contributed by atoms with E-state index in [0.717, 1.165) is 33.1 Å². The third kappa shape index (κ3) is 2.06. The Labute approximate surface area is 258 Å². The Morgan fingerprint density at radius 1 is 0.400 bits per heavy atom. The Morgan fingerprint density at radius 3 is 1.13 bits per heavy atom. The first kappa shape index (κ1) is 23.1. The highest BCUT2D eigenvalue weighted by molar-refractivity contribution is 6.14. The van der Waals surface area contributed by atoms with Crippen LogP contribution < -0.4 is 0 Å². The van der Waals surface area contributed by atoms with Crippen molar-refractivity contribution in [3.8, 4) is 11.4 Å². The second kappa shape index (κ2) is 6.66. The van der Waals surface area contributed by atoms with Crippen molar-refractivity contribution in [2.24, 2.45) is 0 Å². The molecule has 0 bridgehead atoms. The van der Waals surface area contributed by atoms with E-state index in [0.29, 0.717) is 0 Å². The summed E-state index contributed by atoms with van der Waals surface area (Å²) in [5.41, 5.74) is 20.4. The van der Waals surface area contributed by atoms with Crippen LogP contribution >= 0.6 is 0 Å². The summed E-state index contributed by atoms with van der Waals surface area (Å²) in [7, 11) is 0. The van der Waals surface area contributed by atoms with Crippen LogP contribution in [0.3, 0.4) is 0 Å². The van der Waals surface area contributed by atoms with Gasteiger partial charge in [-0.1, -0.05) is 64.1 Å². The Kier molecular flexibility index (Phi) is 3.42. The zero-order valence-corrected chi connectivity index (χ0v) is 25.3. The van der Waals surface area contributed by atoms with Gasteiger partial charge in [0.1, 0.15) is 22.1 Å². The second-order valence-corrected chi connectivity index (χ2v) is 14.3. The predicted molar refractivity (Wildman–Crippen MR) is 176 cm³/mol.